The molecule has 0 bridgehead atoms. The number of H-pyrrole nitrogens is 1. The highest BCUT2D eigenvalue weighted by molar-refractivity contribution is 5.80. The summed E-state index contributed by atoms with van der Waals surface area (Å²) in [5, 5.41) is 0. The molecule has 5 nitrogen and oxygen atoms in total. The molecule has 0 aliphatic carbocycles. The Morgan fingerprint density at radius 2 is 2.04 bits per heavy atom. The van der Waals surface area contributed by atoms with Gasteiger partial charge >= 0.3 is 0 Å². The second-order valence-electron chi connectivity index (χ2n) is 6.37. The second-order valence-corrected chi connectivity index (χ2v) is 6.37. The van der Waals surface area contributed by atoms with Gasteiger partial charge in [-0.05, 0) is 31.0 Å². The monoisotopic (exact) mass is 335 g/mol. The first kappa shape index (κ1) is 15.7. The number of para-hydroxylation sites is 3. The molecule has 5 heteroatoms. The fourth-order valence-corrected chi connectivity index (χ4v) is 3.59. The van der Waals surface area contributed by atoms with E-state index in [2.05, 4.69) is 4.98 Å². The lowest BCUT2D eigenvalue weighted by Crippen LogP contribution is -2.32. The summed E-state index contributed by atoms with van der Waals surface area (Å²) in [6.07, 6.45) is 2.29. The van der Waals surface area contributed by atoms with Gasteiger partial charge in [-0.15, -0.1) is 0 Å². The van der Waals surface area contributed by atoms with Gasteiger partial charge in [-0.1, -0.05) is 30.3 Å². The van der Waals surface area contributed by atoms with Crippen molar-refractivity contribution < 1.29 is 9.53 Å². The lowest BCUT2D eigenvalue weighted by molar-refractivity contribution is -0.131. The molecule has 2 aromatic carbocycles. The van der Waals surface area contributed by atoms with Crippen LogP contribution in [0.2, 0.25) is 0 Å². The molecule has 0 unspecified atom stereocenters. The molecule has 0 saturated carbocycles. The highest BCUT2D eigenvalue weighted by Crippen LogP contribution is 2.32. The standard InChI is InChI=1S/C20H21N3O2/c1-25-18-11-5-2-7-14(18)13-19(24)23-12-6-10-17(23)20-21-15-8-3-4-9-16(15)22-20/h2-5,7-9,11,17H,6,10,12-13H2,1H3,(H,21,22)/t17-/m0/s1. The number of amides is 1. The number of benzene rings is 2. The molecule has 1 N–H and O–H groups in total. The Morgan fingerprint density at radius 3 is 2.88 bits per heavy atom. The number of nitrogens with one attached hydrogen (secondary N) is 1. The van der Waals surface area contributed by atoms with Crippen LogP contribution < -0.4 is 4.74 Å². The van der Waals surface area contributed by atoms with Crippen molar-refractivity contribution in [1.29, 1.82) is 0 Å². The second kappa shape index (κ2) is 6.59. The van der Waals surface area contributed by atoms with Gasteiger partial charge in [0.25, 0.3) is 0 Å². The molecule has 3 aromatic rings. The number of hydrogen-bond donors (Lipinski definition) is 1. The lowest BCUT2D eigenvalue weighted by Gasteiger charge is -2.23. The van der Waals surface area contributed by atoms with E-state index in [-0.39, 0.29) is 11.9 Å². The zero-order valence-electron chi connectivity index (χ0n) is 14.2. The molecule has 1 aliphatic rings. The van der Waals surface area contributed by atoms with Crippen LogP contribution in [0.1, 0.15) is 30.3 Å². The average molecular weight is 335 g/mol. The fraction of sp³-hybridized carbons (Fsp3) is 0.300. The highest BCUT2D eigenvalue weighted by Gasteiger charge is 2.32. The first-order chi connectivity index (χ1) is 12.3. The maximum Gasteiger partial charge on any atom is 0.227 e. The van der Waals surface area contributed by atoms with Gasteiger partial charge in [0.1, 0.15) is 11.6 Å². The number of hydrogen-bond acceptors (Lipinski definition) is 3. The number of ether oxygens (including phenoxy) is 1. The van der Waals surface area contributed by atoms with Crippen molar-refractivity contribution in [1.82, 2.24) is 14.9 Å². The van der Waals surface area contributed by atoms with Gasteiger partial charge in [0.05, 0.1) is 30.6 Å². The number of aromatic amines is 1. The van der Waals surface area contributed by atoms with Crippen molar-refractivity contribution in [3.63, 3.8) is 0 Å². The zero-order chi connectivity index (χ0) is 17.2. The quantitative estimate of drug-likeness (QED) is 0.794. The van der Waals surface area contributed by atoms with E-state index in [1.165, 1.54) is 0 Å². The minimum Gasteiger partial charge on any atom is -0.496 e. The van der Waals surface area contributed by atoms with E-state index in [9.17, 15) is 4.79 Å². The van der Waals surface area contributed by atoms with Gasteiger partial charge in [-0.25, -0.2) is 4.98 Å². The average Bonchev–Trinajstić information content (AvgIpc) is 3.28. The summed E-state index contributed by atoms with van der Waals surface area (Å²) < 4.78 is 5.37. The smallest absolute Gasteiger partial charge is 0.227 e. The Morgan fingerprint density at radius 1 is 1.24 bits per heavy atom. The third kappa shape index (κ3) is 2.97. The summed E-state index contributed by atoms with van der Waals surface area (Å²) in [5.74, 6) is 1.76. The maximum atomic E-state index is 12.9. The summed E-state index contributed by atoms with van der Waals surface area (Å²) >= 11 is 0. The van der Waals surface area contributed by atoms with E-state index in [0.717, 1.165) is 47.6 Å². The molecule has 1 atom stereocenters. The lowest BCUT2D eigenvalue weighted by atomic mass is 10.1. The van der Waals surface area contributed by atoms with E-state index in [4.69, 9.17) is 9.72 Å². The van der Waals surface area contributed by atoms with E-state index in [1.54, 1.807) is 7.11 Å². The van der Waals surface area contributed by atoms with Gasteiger partial charge in [-0.2, -0.15) is 0 Å². The Balaban J connectivity index is 1.57. The highest BCUT2D eigenvalue weighted by atomic mass is 16.5. The number of likely N-dealkylation sites (tertiary alicyclic amines) is 1. The molecule has 25 heavy (non-hydrogen) atoms. The van der Waals surface area contributed by atoms with Crippen molar-refractivity contribution in [2.75, 3.05) is 13.7 Å². The Kier molecular flexibility index (Phi) is 4.14. The van der Waals surface area contributed by atoms with Crippen LogP contribution in [0.5, 0.6) is 5.75 Å². The van der Waals surface area contributed by atoms with Crippen LogP contribution in [0.3, 0.4) is 0 Å². The number of fused-ring (bicyclic) bond motifs is 1. The number of rotatable bonds is 4. The van der Waals surface area contributed by atoms with Crippen molar-refractivity contribution in [3.05, 3.63) is 59.9 Å². The van der Waals surface area contributed by atoms with E-state index in [0.29, 0.717) is 6.42 Å². The molecule has 0 radical (unpaired) electrons. The van der Waals surface area contributed by atoms with Gasteiger partial charge < -0.3 is 14.6 Å². The first-order valence-electron chi connectivity index (χ1n) is 8.62. The van der Waals surface area contributed by atoms with Crippen LogP contribution in [0.15, 0.2) is 48.5 Å². The number of aromatic nitrogens is 2. The number of nitrogens with zero attached hydrogens (tertiary/aromatic N) is 2. The molecule has 1 aliphatic heterocycles. The van der Waals surface area contributed by atoms with E-state index < -0.39 is 0 Å². The maximum absolute atomic E-state index is 12.9. The van der Waals surface area contributed by atoms with Crippen LogP contribution >= 0.6 is 0 Å². The van der Waals surface area contributed by atoms with E-state index in [1.807, 2.05) is 53.4 Å². The molecule has 4 rings (SSSR count). The van der Waals surface area contributed by atoms with Crippen LogP contribution in [0.4, 0.5) is 0 Å². The number of carbonyl (C=O) groups is 1. The minimum absolute atomic E-state index is 0.0228. The third-order valence-corrected chi connectivity index (χ3v) is 4.83. The minimum atomic E-state index is 0.0228. The molecule has 0 spiro atoms. The number of methoxy groups -OCH3 is 1. The summed E-state index contributed by atoms with van der Waals surface area (Å²) in [6.45, 7) is 0.774. The molecule has 128 valence electrons. The Hall–Kier alpha value is -2.82. The zero-order valence-corrected chi connectivity index (χ0v) is 14.2. The third-order valence-electron chi connectivity index (χ3n) is 4.83. The van der Waals surface area contributed by atoms with Crippen LogP contribution in [0.25, 0.3) is 11.0 Å². The summed E-state index contributed by atoms with van der Waals surface area (Å²) in [6, 6.07) is 15.7. The normalized spacial score (nSPS) is 17.2. The van der Waals surface area contributed by atoms with E-state index >= 15 is 0 Å². The summed E-state index contributed by atoms with van der Waals surface area (Å²) in [5.41, 5.74) is 2.88. The molecular weight excluding hydrogens is 314 g/mol. The van der Waals surface area contributed by atoms with Crippen LogP contribution in [0, 0.1) is 0 Å². The summed E-state index contributed by atoms with van der Waals surface area (Å²) in [4.78, 5) is 22.9. The van der Waals surface area contributed by atoms with Gasteiger partial charge in [0, 0.05) is 12.1 Å². The Bertz CT molecular complexity index is 870. The summed E-state index contributed by atoms with van der Waals surface area (Å²) in [7, 11) is 1.64. The number of carbonyl (C=O) groups excluding carboxylic acids is 1. The van der Waals surface area contributed by atoms with Gasteiger partial charge in [0.2, 0.25) is 5.91 Å². The molecule has 1 saturated heterocycles. The van der Waals surface area contributed by atoms with Crippen molar-refractivity contribution in [2.45, 2.75) is 25.3 Å². The molecular formula is C20H21N3O2. The Labute approximate surface area is 146 Å². The molecule has 1 amide bonds. The van der Waals surface area contributed by atoms with Gasteiger partial charge in [-0.3, -0.25) is 4.79 Å². The van der Waals surface area contributed by atoms with Crippen molar-refractivity contribution >= 4 is 16.9 Å². The molecule has 2 heterocycles. The molecule has 1 fully saturated rings. The molecule has 1 aromatic heterocycles. The SMILES string of the molecule is COc1ccccc1CC(=O)N1CCC[C@H]1c1nc2ccccc2[nH]1. The predicted octanol–water partition coefficient (Wildman–Crippen LogP) is 3.48. The van der Waals surface area contributed by atoms with Crippen LogP contribution in [-0.4, -0.2) is 34.4 Å². The van der Waals surface area contributed by atoms with Crippen LogP contribution in [-0.2, 0) is 11.2 Å². The first-order valence-corrected chi connectivity index (χ1v) is 8.62. The van der Waals surface area contributed by atoms with Gasteiger partial charge in [0.15, 0.2) is 0 Å². The predicted molar refractivity (Wildman–Crippen MR) is 96.5 cm³/mol. The van der Waals surface area contributed by atoms with Crippen molar-refractivity contribution in [3.8, 4) is 5.75 Å². The fourth-order valence-electron chi connectivity index (χ4n) is 3.59. The largest absolute Gasteiger partial charge is 0.496 e. The van der Waals surface area contributed by atoms with Crippen molar-refractivity contribution in [2.24, 2.45) is 0 Å². The number of imidazole rings is 1. The topological polar surface area (TPSA) is 58.2 Å².